The molecule has 1 aromatic heterocycles. The van der Waals surface area contributed by atoms with Gasteiger partial charge in [-0.1, -0.05) is 39.8 Å². The Balaban J connectivity index is 1.99. The fourth-order valence-electron chi connectivity index (χ4n) is 5.18. The van der Waals surface area contributed by atoms with Crippen molar-refractivity contribution in [3.63, 3.8) is 0 Å². The van der Waals surface area contributed by atoms with Gasteiger partial charge >= 0.3 is 5.69 Å². The Morgan fingerprint density at radius 1 is 0.896 bits per heavy atom. The highest BCUT2D eigenvalue weighted by Crippen LogP contribution is 2.14. The predicted octanol–water partition coefficient (Wildman–Crippen LogP) is -0.400. The summed E-state index contributed by atoms with van der Waals surface area (Å²) < 4.78 is 6.25. The van der Waals surface area contributed by atoms with Gasteiger partial charge in [-0.2, -0.15) is 0 Å². The Kier molecular flexibility index (Phi) is 13.1. The van der Waals surface area contributed by atoms with Crippen LogP contribution >= 0.6 is 0 Å². The largest absolute Gasteiger partial charge is 0.497 e. The molecule has 1 saturated heterocycles. The molecular formula is C33H47N7O8. The highest BCUT2D eigenvalue weighted by atomic mass is 16.5. The van der Waals surface area contributed by atoms with Crippen molar-refractivity contribution in [3.05, 3.63) is 62.4 Å². The third kappa shape index (κ3) is 10.5. The Morgan fingerprint density at radius 2 is 1.54 bits per heavy atom. The lowest BCUT2D eigenvalue weighted by Crippen LogP contribution is -2.57. The van der Waals surface area contributed by atoms with Crippen LogP contribution in [0.4, 0.5) is 0 Å². The third-order valence-corrected chi connectivity index (χ3v) is 8.07. The molecule has 5 N–H and O–H groups in total. The molecule has 15 heteroatoms. The molecule has 2 heterocycles. The van der Waals surface area contributed by atoms with Crippen LogP contribution in [-0.2, 0) is 36.9 Å². The minimum Gasteiger partial charge on any atom is -0.497 e. The molecule has 0 radical (unpaired) electrons. The second kappa shape index (κ2) is 16.7. The summed E-state index contributed by atoms with van der Waals surface area (Å²) in [6.45, 7) is 9.31. The molecule has 0 aliphatic carbocycles. The number of carbonyl (C=O) groups excluding carboxylic acids is 5. The monoisotopic (exact) mass is 669 g/mol. The van der Waals surface area contributed by atoms with Crippen molar-refractivity contribution in [3.8, 4) is 5.75 Å². The van der Waals surface area contributed by atoms with E-state index >= 15 is 0 Å². The molecule has 262 valence electrons. The second-order valence-corrected chi connectivity index (χ2v) is 12.9. The average Bonchev–Trinajstić information content (AvgIpc) is 3.01. The van der Waals surface area contributed by atoms with Crippen molar-refractivity contribution in [2.24, 2.45) is 11.8 Å². The van der Waals surface area contributed by atoms with Crippen LogP contribution in [0, 0.1) is 18.8 Å². The van der Waals surface area contributed by atoms with Gasteiger partial charge in [0.1, 0.15) is 30.4 Å². The highest BCUT2D eigenvalue weighted by Gasteiger charge is 2.32. The number of rotatable bonds is 8. The van der Waals surface area contributed by atoms with Crippen LogP contribution in [-0.4, -0.2) is 88.4 Å². The Labute approximate surface area is 279 Å². The van der Waals surface area contributed by atoms with Gasteiger partial charge in [-0.25, -0.2) is 4.79 Å². The van der Waals surface area contributed by atoms with Crippen molar-refractivity contribution in [2.75, 3.05) is 20.2 Å². The van der Waals surface area contributed by atoms with Gasteiger partial charge in [0, 0.05) is 30.8 Å². The number of ether oxygens (including phenoxy) is 1. The molecule has 1 aliphatic rings. The van der Waals surface area contributed by atoms with E-state index in [0.29, 0.717) is 5.75 Å². The van der Waals surface area contributed by atoms with Crippen LogP contribution in [0.15, 0.2) is 40.1 Å². The van der Waals surface area contributed by atoms with Crippen LogP contribution in [0.1, 0.15) is 52.2 Å². The van der Waals surface area contributed by atoms with Gasteiger partial charge in [0.05, 0.1) is 13.7 Å². The zero-order valence-corrected chi connectivity index (χ0v) is 28.5. The van der Waals surface area contributed by atoms with E-state index in [2.05, 4.69) is 26.3 Å². The number of benzene rings is 1. The summed E-state index contributed by atoms with van der Waals surface area (Å²) in [5.41, 5.74) is -0.436. The molecule has 0 saturated carbocycles. The maximum absolute atomic E-state index is 13.7. The van der Waals surface area contributed by atoms with E-state index in [1.807, 2.05) is 27.7 Å². The predicted molar refractivity (Wildman–Crippen MR) is 177 cm³/mol. The Morgan fingerprint density at radius 3 is 2.15 bits per heavy atom. The maximum Gasteiger partial charge on any atom is 0.328 e. The number of aryl methyl sites for hydroxylation is 1. The molecule has 1 aliphatic heterocycles. The summed E-state index contributed by atoms with van der Waals surface area (Å²) >= 11 is 0. The zero-order valence-electron chi connectivity index (χ0n) is 28.5. The van der Waals surface area contributed by atoms with Gasteiger partial charge in [0.25, 0.3) is 5.56 Å². The number of carbonyl (C=O) groups is 5. The number of methoxy groups -OCH3 is 1. The molecule has 1 fully saturated rings. The van der Waals surface area contributed by atoms with Crippen LogP contribution in [0.25, 0.3) is 0 Å². The third-order valence-electron chi connectivity index (χ3n) is 8.07. The SMILES string of the molecule is COc1ccc(C[C@@H]2NC(=O)[C@H](CC(C)C)NC(=O)CN(C(=O)Cn3cc(C)c(=O)[nH]c3=O)C[C@H](C(C)C)NC(=O)[C@@H](C)NC2=O)cc1. The Hall–Kier alpha value is -4.95. The first-order valence-corrected chi connectivity index (χ1v) is 16.0. The van der Waals surface area contributed by atoms with E-state index in [1.165, 1.54) is 32.1 Å². The normalized spacial score (nSPS) is 21.5. The molecule has 3 rings (SSSR count). The van der Waals surface area contributed by atoms with Crippen molar-refractivity contribution in [1.82, 2.24) is 35.7 Å². The molecular weight excluding hydrogens is 622 g/mol. The smallest absolute Gasteiger partial charge is 0.328 e. The van der Waals surface area contributed by atoms with Crippen molar-refractivity contribution >= 4 is 29.5 Å². The minimum atomic E-state index is -1.09. The molecule has 15 nitrogen and oxygen atoms in total. The summed E-state index contributed by atoms with van der Waals surface area (Å²) in [5, 5.41) is 11.0. The number of hydrogen-bond donors (Lipinski definition) is 5. The van der Waals surface area contributed by atoms with E-state index in [-0.39, 0.29) is 36.8 Å². The first-order valence-electron chi connectivity index (χ1n) is 16.0. The van der Waals surface area contributed by atoms with E-state index in [1.54, 1.807) is 24.3 Å². The Bertz CT molecular complexity index is 1600. The lowest BCUT2D eigenvalue weighted by atomic mass is 10.0. The molecule has 5 amide bonds. The molecule has 1 aromatic carbocycles. The first kappa shape index (κ1) is 37.5. The summed E-state index contributed by atoms with van der Waals surface area (Å²) in [7, 11) is 1.53. The fraction of sp³-hybridized carbons (Fsp3) is 0.545. The average molecular weight is 670 g/mol. The lowest BCUT2D eigenvalue weighted by Gasteiger charge is -2.31. The molecule has 4 atom stereocenters. The van der Waals surface area contributed by atoms with Crippen molar-refractivity contribution < 1.29 is 28.7 Å². The lowest BCUT2D eigenvalue weighted by molar-refractivity contribution is -0.138. The number of nitrogens with one attached hydrogen (secondary N) is 5. The van der Waals surface area contributed by atoms with Crippen LogP contribution in [0.5, 0.6) is 5.75 Å². The maximum atomic E-state index is 13.7. The summed E-state index contributed by atoms with van der Waals surface area (Å²) in [5.74, 6) is -2.64. The van der Waals surface area contributed by atoms with Crippen LogP contribution in [0.3, 0.4) is 0 Å². The summed E-state index contributed by atoms with van der Waals surface area (Å²) in [6, 6.07) is 3.17. The summed E-state index contributed by atoms with van der Waals surface area (Å²) in [6.07, 6.45) is 1.59. The molecule has 2 aromatic rings. The summed E-state index contributed by atoms with van der Waals surface area (Å²) in [4.78, 5) is 95.3. The number of aromatic amines is 1. The van der Waals surface area contributed by atoms with Gasteiger partial charge in [-0.05, 0) is 49.8 Å². The molecule has 0 bridgehead atoms. The van der Waals surface area contributed by atoms with Gasteiger partial charge in [-0.15, -0.1) is 0 Å². The van der Waals surface area contributed by atoms with Crippen LogP contribution < -0.4 is 37.3 Å². The zero-order chi connectivity index (χ0) is 35.7. The van der Waals surface area contributed by atoms with E-state index in [9.17, 15) is 33.6 Å². The number of hydrogen-bond acceptors (Lipinski definition) is 8. The quantitative estimate of drug-likeness (QED) is 0.250. The molecule has 0 unspecified atom stereocenters. The van der Waals surface area contributed by atoms with E-state index < -0.39 is 78.0 Å². The molecule has 0 spiro atoms. The number of aromatic nitrogens is 2. The van der Waals surface area contributed by atoms with Crippen molar-refractivity contribution in [2.45, 2.75) is 85.1 Å². The van der Waals surface area contributed by atoms with Gasteiger partial charge in [0.15, 0.2) is 0 Å². The number of amides is 5. The van der Waals surface area contributed by atoms with Gasteiger partial charge in [0.2, 0.25) is 29.5 Å². The van der Waals surface area contributed by atoms with E-state index in [4.69, 9.17) is 4.74 Å². The molecule has 48 heavy (non-hydrogen) atoms. The topological polar surface area (TPSA) is 201 Å². The van der Waals surface area contributed by atoms with Crippen molar-refractivity contribution in [1.29, 1.82) is 0 Å². The minimum absolute atomic E-state index is 0.0303. The number of H-pyrrole nitrogens is 1. The van der Waals surface area contributed by atoms with Crippen LogP contribution in [0.2, 0.25) is 0 Å². The second-order valence-electron chi connectivity index (χ2n) is 12.9. The number of nitrogens with zero attached hydrogens (tertiary/aromatic N) is 2. The van der Waals surface area contributed by atoms with Gasteiger partial charge < -0.3 is 30.9 Å². The fourth-order valence-corrected chi connectivity index (χ4v) is 5.18. The highest BCUT2D eigenvalue weighted by molar-refractivity contribution is 5.95. The van der Waals surface area contributed by atoms with E-state index in [0.717, 1.165) is 10.1 Å². The first-order chi connectivity index (χ1) is 22.6. The standard InChI is InChI=1S/C33H47N7O8/c1-18(2)12-24-32(46)36-25(13-22-8-10-23(48-7)11-9-22)31(45)34-21(6)30(44)37-26(19(3)4)15-39(16-27(41)35-24)28(42)17-40-14-20(5)29(43)38-33(40)47/h8-11,14,18-19,21,24-26H,12-13,15-17H2,1-7H3,(H,34,45)(H,35,41)(H,36,46)(H,37,44)(H,38,43,47)/t21-,24+,25+,26-/m1/s1. The van der Waals surface area contributed by atoms with Gasteiger partial charge in [-0.3, -0.25) is 38.3 Å².